The summed E-state index contributed by atoms with van der Waals surface area (Å²) in [5.74, 6) is 0.361. The molecular weight excluding hydrogens is 214 g/mol. The average molecular weight is 235 g/mol. The zero-order chi connectivity index (χ0) is 12.6. The number of likely N-dealkylation sites (tertiary alicyclic amines) is 1. The van der Waals surface area contributed by atoms with Gasteiger partial charge in [0, 0.05) is 11.6 Å². The smallest absolute Gasteiger partial charge is 0.124 e. The molecule has 94 valence electrons. The van der Waals surface area contributed by atoms with E-state index in [1.165, 1.54) is 6.42 Å². The summed E-state index contributed by atoms with van der Waals surface area (Å²) in [6.07, 6.45) is 2.33. The van der Waals surface area contributed by atoms with E-state index in [0.29, 0.717) is 5.56 Å². The normalized spacial score (nSPS) is 21.6. The lowest BCUT2D eigenvalue weighted by Crippen LogP contribution is -2.39. The summed E-state index contributed by atoms with van der Waals surface area (Å²) in [7, 11) is 0. The van der Waals surface area contributed by atoms with Crippen LogP contribution in [0.2, 0.25) is 0 Å². The maximum atomic E-state index is 9.91. The fourth-order valence-corrected chi connectivity index (χ4v) is 2.97. The predicted octanol–water partition coefficient (Wildman–Crippen LogP) is 3.03. The van der Waals surface area contributed by atoms with Crippen molar-refractivity contribution in [3.63, 3.8) is 0 Å². The third kappa shape index (κ3) is 2.12. The Bertz CT molecular complexity index is 394. The quantitative estimate of drug-likeness (QED) is 0.828. The van der Waals surface area contributed by atoms with Gasteiger partial charge in [-0.3, -0.25) is 4.90 Å². The molecule has 1 aliphatic rings. The molecule has 2 N–H and O–H groups in total. The topological polar surface area (TPSA) is 43.7 Å². The van der Waals surface area contributed by atoms with E-state index in [2.05, 4.69) is 18.7 Å². The van der Waals surface area contributed by atoms with Crippen LogP contribution < -0.4 is 0 Å². The van der Waals surface area contributed by atoms with Crippen molar-refractivity contribution in [2.24, 2.45) is 0 Å². The first kappa shape index (κ1) is 12.2. The van der Waals surface area contributed by atoms with Crippen LogP contribution in [0.5, 0.6) is 11.5 Å². The molecule has 1 atom stereocenters. The van der Waals surface area contributed by atoms with Gasteiger partial charge in [0.05, 0.1) is 5.56 Å². The number of benzene rings is 1. The summed E-state index contributed by atoms with van der Waals surface area (Å²) < 4.78 is 0. The summed E-state index contributed by atoms with van der Waals surface area (Å²) >= 11 is 0. The van der Waals surface area contributed by atoms with E-state index in [9.17, 15) is 10.2 Å². The summed E-state index contributed by atoms with van der Waals surface area (Å²) in [4.78, 5) is 2.35. The van der Waals surface area contributed by atoms with Gasteiger partial charge in [-0.05, 0) is 52.3 Å². The number of hydrogen-bond donors (Lipinski definition) is 2. The Balaban J connectivity index is 2.34. The minimum atomic E-state index is 0.0358. The number of rotatable bonds is 2. The Labute approximate surface area is 103 Å². The van der Waals surface area contributed by atoms with E-state index in [4.69, 9.17) is 0 Å². The van der Waals surface area contributed by atoms with Crippen LogP contribution in [0.4, 0.5) is 0 Å². The fraction of sp³-hybridized carbons (Fsp3) is 0.571. The van der Waals surface area contributed by atoms with Gasteiger partial charge in [0.15, 0.2) is 0 Å². The molecular formula is C14H21NO2. The van der Waals surface area contributed by atoms with Crippen molar-refractivity contribution in [2.75, 3.05) is 6.54 Å². The average Bonchev–Trinajstić information content (AvgIpc) is 2.57. The lowest BCUT2D eigenvalue weighted by Gasteiger charge is -2.37. The van der Waals surface area contributed by atoms with E-state index in [1.54, 1.807) is 18.2 Å². The molecule has 0 amide bonds. The maximum absolute atomic E-state index is 9.91. The Hall–Kier alpha value is -1.22. The molecule has 1 unspecified atom stereocenters. The molecule has 1 saturated heterocycles. The molecule has 1 aromatic carbocycles. The van der Waals surface area contributed by atoms with Crippen LogP contribution in [-0.2, 0) is 0 Å². The van der Waals surface area contributed by atoms with Crippen molar-refractivity contribution in [3.05, 3.63) is 23.8 Å². The van der Waals surface area contributed by atoms with E-state index in [1.807, 2.05) is 6.92 Å². The number of phenolic OH excluding ortho intramolecular Hbond substituents is 2. The van der Waals surface area contributed by atoms with Gasteiger partial charge in [-0.2, -0.15) is 0 Å². The lowest BCUT2D eigenvalue weighted by atomic mass is 9.97. The molecule has 1 aromatic rings. The maximum Gasteiger partial charge on any atom is 0.124 e. The van der Waals surface area contributed by atoms with Gasteiger partial charge >= 0.3 is 0 Å². The van der Waals surface area contributed by atoms with Crippen LogP contribution in [0.3, 0.4) is 0 Å². The van der Waals surface area contributed by atoms with Crippen LogP contribution in [0.25, 0.3) is 0 Å². The van der Waals surface area contributed by atoms with Crippen LogP contribution >= 0.6 is 0 Å². The Morgan fingerprint density at radius 3 is 2.29 bits per heavy atom. The van der Waals surface area contributed by atoms with Gasteiger partial charge in [0.25, 0.3) is 0 Å². The number of phenols is 2. The molecule has 1 heterocycles. The zero-order valence-electron chi connectivity index (χ0n) is 10.8. The van der Waals surface area contributed by atoms with Crippen LogP contribution in [0, 0.1) is 0 Å². The Kier molecular flexibility index (Phi) is 3.04. The van der Waals surface area contributed by atoms with Gasteiger partial charge in [-0.1, -0.05) is 6.07 Å². The van der Waals surface area contributed by atoms with Gasteiger partial charge in [0.2, 0.25) is 0 Å². The van der Waals surface area contributed by atoms with E-state index >= 15 is 0 Å². The first-order chi connectivity index (χ1) is 7.93. The Morgan fingerprint density at radius 1 is 1.24 bits per heavy atom. The standard InChI is InChI=1S/C14H21NO2/c1-10(15-9-5-8-14(15,2)3)13-11(16)6-4-7-12(13)17/h4,6-7,10,16-17H,5,8-9H2,1-3H3. The largest absolute Gasteiger partial charge is 0.507 e. The van der Waals surface area contributed by atoms with Crippen LogP contribution in [0.1, 0.15) is 45.2 Å². The van der Waals surface area contributed by atoms with Crippen molar-refractivity contribution < 1.29 is 10.2 Å². The lowest BCUT2D eigenvalue weighted by molar-refractivity contribution is 0.122. The summed E-state index contributed by atoms with van der Waals surface area (Å²) in [5.41, 5.74) is 0.774. The minimum absolute atomic E-state index is 0.0358. The predicted molar refractivity (Wildman–Crippen MR) is 68.2 cm³/mol. The second-order valence-electron chi connectivity index (χ2n) is 5.50. The zero-order valence-corrected chi connectivity index (χ0v) is 10.8. The molecule has 17 heavy (non-hydrogen) atoms. The highest BCUT2D eigenvalue weighted by Crippen LogP contribution is 2.41. The van der Waals surface area contributed by atoms with Crippen molar-refractivity contribution in [2.45, 2.75) is 45.2 Å². The highest BCUT2D eigenvalue weighted by atomic mass is 16.3. The summed E-state index contributed by atoms with van der Waals surface area (Å²) in [6, 6.07) is 4.97. The minimum Gasteiger partial charge on any atom is -0.507 e. The van der Waals surface area contributed by atoms with Gasteiger partial charge in [-0.15, -0.1) is 0 Å². The van der Waals surface area contributed by atoms with Crippen molar-refractivity contribution in [1.82, 2.24) is 4.90 Å². The van der Waals surface area contributed by atoms with Crippen LogP contribution in [-0.4, -0.2) is 27.2 Å². The van der Waals surface area contributed by atoms with Gasteiger partial charge < -0.3 is 10.2 Å². The van der Waals surface area contributed by atoms with Crippen LogP contribution in [0.15, 0.2) is 18.2 Å². The van der Waals surface area contributed by atoms with E-state index in [-0.39, 0.29) is 23.1 Å². The van der Waals surface area contributed by atoms with Crippen molar-refractivity contribution in [1.29, 1.82) is 0 Å². The second-order valence-corrected chi connectivity index (χ2v) is 5.50. The van der Waals surface area contributed by atoms with Gasteiger partial charge in [0.1, 0.15) is 11.5 Å². The fourth-order valence-electron chi connectivity index (χ4n) is 2.97. The Morgan fingerprint density at radius 2 is 1.82 bits per heavy atom. The molecule has 0 aliphatic carbocycles. The molecule has 0 aromatic heterocycles. The molecule has 0 bridgehead atoms. The molecule has 3 nitrogen and oxygen atoms in total. The highest BCUT2D eigenvalue weighted by Gasteiger charge is 2.36. The van der Waals surface area contributed by atoms with Crippen molar-refractivity contribution >= 4 is 0 Å². The molecule has 2 rings (SSSR count). The SMILES string of the molecule is CC(c1c(O)cccc1O)N1CCCC1(C)C. The third-order valence-electron chi connectivity index (χ3n) is 3.91. The van der Waals surface area contributed by atoms with E-state index < -0.39 is 0 Å². The molecule has 0 spiro atoms. The third-order valence-corrected chi connectivity index (χ3v) is 3.91. The molecule has 1 aliphatic heterocycles. The molecule has 0 saturated carbocycles. The van der Waals surface area contributed by atoms with Gasteiger partial charge in [-0.25, -0.2) is 0 Å². The molecule has 3 heteroatoms. The molecule has 1 fully saturated rings. The monoisotopic (exact) mass is 235 g/mol. The first-order valence-corrected chi connectivity index (χ1v) is 6.21. The highest BCUT2D eigenvalue weighted by molar-refractivity contribution is 5.45. The summed E-state index contributed by atoms with van der Waals surface area (Å²) in [6.45, 7) is 7.49. The van der Waals surface area contributed by atoms with E-state index in [0.717, 1.165) is 13.0 Å². The first-order valence-electron chi connectivity index (χ1n) is 6.21. The molecule has 0 radical (unpaired) electrons. The number of aromatic hydroxyl groups is 2. The number of nitrogens with zero attached hydrogens (tertiary/aromatic N) is 1. The summed E-state index contributed by atoms with van der Waals surface area (Å²) in [5, 5.41) is 19.8. The second kappa shape index (κ2) is 4.22. The number of hydrogen-bond acceptors (Lipinski definition) is 3. The van der Waals surface area contributed by atoms with Crippen molar-refractivity contribution in [3.8, 4) is 11.5 Å².